The zero-order valence-electron chi connectivity index (χ0n) is 9.38. The van der Waals surface area contributed by atoms with E-state index < -0.39 is 0 Å². The van der Waals surface area contributed by atoms with E-state index in [-0.39, 0.29) is 10.6 Å². The molecule has 2 aromatic rings. The molecule has 6 heteroatoms. The first-order chi connectivity index (χ1) is 8.13. The maximum absolute atomic E-state index is 11.0. The van der Waals surface area contributed by atoms with Crippen molar-refractivity contribution >= 4 is 22.3 Å². The maximum Gasteiger partial charge on any atom is 0.293 e. The van der Waals surface area contributed by atoms with Gasteiger partial charge in [0.1, 0.15) is 5.69 Å². The molecule has 2 rings (SSSR count). The molecule has 0 amide bonds. The highest BCUT2D eigenvalue weighted by Crippen LogP contribution is 2.31. The van der Waals surface area contributed by atoms with Crippen LogP contribution in [0.25, 0.3) is 10.9 Å². The number of nitrogens with zero attached hydrogens (tertiary/aromatic N) is 3. The number of rotatable bonds is 4. The van der Waals surface area contributed by atoms with Crippen molar-refractivity contribution in [2.75, 3.05) is 18.5 Å². The molecule has 0 aliphatic heterocycles. The van der Waals surface area contributed by atoms with E-state index in [2.05, 4.69) is 16.8 Å². The van der Waals surface area contributed by atoms with Crippen LogP contribution in [0.1, 0.15) is 0 Å². The minimum Gasteiger partial charge on any atom is -0.365 e. The second kappa shape index (κ2) is 4.25. The molecule has 1 heterocycles. The van der Waals surface area contributed by atoms with Crippen molar-refractivity contribution < 1.29 is 4.92 Å². The zero-order valence-corrected chi connectivity index (χ0v) is 9.38. The molecule has 0 aliphatic rings. The molecule has 6 nitrogen and oxygen atoms in total. The lowest BCUT2D eigenvalue weighted by Gasteiger charge is -2.16. The van der Waals surface area contributed by atoms with Crippen molar-refractivity contribution in [3.8, 4) is 0 Å². The third kappa shape index (κ3) is 1.96. The van der Waals surface area contributed by atoms with Gasteiger partial charge < -0.3 is 4.90 Å². The van der Waals surface area contributed by atoms with Gasteiger partial charge in [0.2, 0.25) is 0 Å². The van der Waals surface area contributed by atoms with Gasteiger partial charge in [-0.05, 0) is 6.07 Å². The quantitative estimate of drug-likeness (QED) is 0.497. The molecule has 0 radical (unpaired) electrons. The summed E-state index contributed by atoms with van der Waals surface area (Å²) in [6.45, 7) is 4.16. The summed E-state index contributed by atoms with van der Waals surface area (Å²) in [5.74, 6) is 0. The number of benzene rings is 1. The number of anilines is 1. The average molecular weight is 232 g/mol. The Hall–Kier alpha value is -2.37. The van der Waals surface area contributed by atoms with Crippen LogP contribution >= 0.6 is 0 Å². The lowest BCUT2D eigenvalue weighted by molar-refractivity contribution is -0.384. The van der Waals surface area contributed by atoms with Gasteiger partial charge in [0.25, 0.3) is 5.69 Å². The predicted octanol–water partition coefficient (Wildman–Crippen LogP) is 2.09. The molecule has 0 saturated heterocycles. The van der Waals surface area contributed by atoms with Crippen molar-refractivity contribution in [3.05, 3.63) is 41.1 Å². The summed E-state index contributed by atoms with van der Waals surface area (Å²) in [5, 5.41) is 18.4. The number of nitro groups is 1. The summed E-state index contributed by atoms with van der Waals surface area (Å²) >= 11 is 0. The Morgan fingerprint density at radius 3 is 3.06 bits per heavy atom. The van der Waals surface area contributed by atoms with Gasteiger partial charge in [-0.2, -0.15) is 5.10 Å². The SMILES string of the molecule is C=CCN(C)c1cc2[nH]ncc2cc1[N+](=O)[O-]. The molecular formula is C11H12N4O2. The average Bonchev–Trinajstić information content (AvgIpc) is 2.74. The van der Waals surface area contributed by atoms with Crippen LogP contribution in [-0.4, -0.2) is 28.7 Å². The second-order valence-corrected chi connectivity index (χ2v) is 3.72. The Labute approximate surface area is 97.7 Å². The number of fused-ring (bicyclic) bond motifs is 1. The van der Waals surface area contributed by atoms with E-state index in [4.69, 9.17) is 0 Å². The van der Waals surface area contributed by atoms with Gasteiger partial charge in [0.05, 0.1) is 16.6 Å². The second-order valence-electron chi connectivity index (χ2n) is 3.72. The number of likely N-dealkylation sites (N-methyl/N-ethyl adjacent to an activating group) is 1. The van der Waals surface area contributed by atoms with Crippen LogP contribution < -0.4 is 4.90 Å². The lowest BCUT2D eigenvalue weighted by Crippen LogP contribution is -2.17. The van der Waals surface area contributed by atoms with E-state index >= 15 is 0 Å². The minimum atomic E-state index is -0.388. The normalized spacial score (nSPS) is 10.4. The zero-order chi connectivity index (χ0) is 12.4. The summed E-state index contributed by atoms with van der Waals surface area (Å²) in [6.07, 6.45) is 3.26. The number of aromatic amines is 1. The van der Waals surface area contributed by atoms with Crippen molar-refractivity contribution in [2.45, 2.75) is 0 Å². The summed E-state index contributed by atoms with van der Waals surface area (Å²) in [5.41, 5.74) is 1.40. The van der Waals surface area contributed by atoms with E-state index in [1.807, 2.05) is 0 Å². The number of aromatic nitrogens is 2. The van der Waals surface area contributed by atoms with Crippen molar-refractivity contribution in [2.24, 2.45) is 0 Å². The Bertz CT molecular complexity index is 576. The van der Waals surface area contributed by atoms with E-state index in [0.717, 1.165) is 10.9 Å². The topological polar surface area (TPSA) is 75.1 Å². The van der Waals surface area contributed by atoms with Crippen LogP contribution in [0.15, 0.2) is 31.0 Å². The molecule has 0 bridgehead atoms. The van der Waals surface area contributed by atoms with Gasteiger partial charge in [-0.1, -0.05) is 6.08 Å². The van der Waals surface area contributed by atoms with Crippen LogP contribution in [0.3, 0.4) is 0 Å². The molecule has 0 unspecified atom stereocenters. The Kier molecular flexibility index (Phi) is 2.78. The first-order valence-electron chi connectivity index (χ1n) is 5.07. The van der Waals surface area contributed by atoms with Crippen LogP contribution in [-0.2, 0) is 0 Å². The van der Waals surface area contributed by atoms with Gasteiger partial charge in [-0.25, -0.2) is 0 Å². The Morgan fingerprint density at radius 2 is 2.41 bits per heavy atom. The van der Waals surface area contributed by atoms with Gasteiger partial charge >= 0.3 is 0 Å². The van der Waals surface area contributed by atoms with Crippen LogP contribution in [0, 0.1) is 10.1 Å². The highest BCUT2D eigenvalue weighted by atomic mass is 16.6. The van der Waals surface area contributed by atoms with E-state index in [9.17, 15) is 10.1 Å². The molecule has 0 saturated carbocycles. The molecule has 1 aromatic heterocycles. The monoisotopic (exact) mass is 232 g/mol. The first kappa shape index (κ1) is 11.1. The maximum atomic E-state index is 11.0. The van der Waals surface area contributed by atoms with Gasteiger partial charge in [0.15, 0.2) is 0 Å². The number of H-pyrrole nitrogens is 1. The molecule has 1 aromatic carbocycles. The molecule has 0 atom stereocenters. The molecule has 17 heavy (non-hydrogen) atoms. The summed E-state index contributed by atoms with van der Waals surface area (Å²) in [6, 6.07) is 3.25. The first-order valence-corrected chi connectivity index (χ1v) is 5.07. The molecule has 0 aliphatic carbocycles. The van der Waals surface area contributed by atoms with E-state index in [1.54, 1.807) is 30.3 Å². The standard InChI is InChI=1S/C11H12N4O2/c1-3-4-14(2)10-6-9-8(7-12-13-9)5-11(10)15(16)17/h3,5-7H,1,4H2,2H3,(H,12,13). The highest BCUT2D eigenvalue weighted by Gasteiger charge is 2.18. The van der Waals surface area contributed by atoms with Gasteiger partial charge in [0, 0.05) is 25.0 Å². The largest absolute Gasteiger partial charge is 0.365 e. The van der Waals surface area contributed by atoms with Crippen molar-refractivity contribution in [1.29, 1.82) is 0 Å². The predicted molar refractivity (Wildman–Crippen MR) is 66.2 cm³/mol. The molecule has 1 N–H and O–H groups in total. The van der Waals surface area contributed by atoms with Crippen LogP contribution in [0.4, 0.5) is 11.4 Å². The number of hydrogen-bond donors (Lipinski definition) is 1. The number of nitrogens with one attached hydrogen (secondary N) is 1. The van der Waals surface area contributed by atoms with Gasteiger partial charge in [-0.15, -0.1) is 6.58 Å². The lowest BCUT2D eigenvalue weighted by atomic mass is 10.2. The van der Waals surface area contributed by atoms with Crippen LogP contribution in [0.2, 0.25) is 0 Å². The number of hydrogen-bond acceptors (Lipinski definition) is 4. The fraction of sp³-hybridized carbons (Fsp3) is 0.182. The van der Waals surface area contributed by atoms with Gasteiger partial charge in [-0.3, -0.25) is 15.2 Å². The molecule has 88 valence electrons. The fourth-order valence-corrected chi connectivity index (χ4v) is 1.71. The molecule has 0 fully saturated rings. The molecular weight excluding hydrogens is 220 g/mol. The Morgan fingerprint density at radius 1 is 1.65 bits per heavy atom. The smallest absolute Gasteiger partial charge is 0.293 e. The summed E-state index contributed by atoms with van der Waals surface area (Å²) in [4.78, 5) is 12.4. The van der Waals surface area contributed by atoms with Crippen LogP contribution in [0.5, 0.6) is 0 Å². The molecule has 0 spiro atoms. The summed E-state index contributed by atoms with van der Waals surface area (Å²) < 4.78 is 0. The number of nitro benzene ring substituents is 1. The minimum absolute atomic E-state index is 0.0725. The highest BCUT2D eigenvalue weighted by molar-refractivity contribution is 5.87. The Balaban J connectivity index is 2.60. The third-order valence-corrected chi connectivity index (χ3v) is 2.55. The van der Waals surface area contributed by atoms with E-state index in [1.165, 1.54) is 6.07 Å². The third-order valence-electron chi connectivity index (χ3n) is 2.55. The summed E-state index contributed by atoms with van der Waals surface area (Å²) in [7, 11) is 1.78. The fourth-order valence-electron chi connectivity index (χ4n) is 1.71. The van der Waals surface area contributed by atoms with Crippen molar-refractivity contribution in [1.82, 2.24) is 10.2 Å². The van der Waals surface area contributed by atoms with Crippen molar-refractivity contribution in [3.63, 3.8) is 0 Å². The van der Waals surface area contributed by atoms with E-state index in [0.29, 0.717) is 12.2 Å².